The highest BCUT2D eigenvalue weighted by molar-refractivity contribution is 7.80. The summed E-state index contributed by atoms with van der Waals surface area (Å²) in [4.78, 5) is 28.0. The summed E-state index contributed by atoms with van der Waals surface area (Å²) in [6, 6.07) is 12.3. The third-order valence-corrected chi connectivity index (χ3v) is 4.65. The maximum atomic E-state index is 12.4. The summed E-state index contributed by atoms with van der Waals surface area (Å²) < 4.78 is 6.06. The van der Waals surface area contributed by atoms with Crippen molar-refractivity contribution in [2.45, 2.75) is 6.92 Å². The molecule has 138 valence electrons. The lowest BCUT2D eigenvalue weighted by Gasteiger charge is -2.09. The van der Waals surface area contributed by atoms with Crippen LogP contribution in [0.4, 0.5) is 10.8 Å². The number of fused-ring (bicyclic) bond motifs is 1. The van der Waals surface area contributed by atoms with Crippen LogP contribution < -0.4 is 20.7 Å². The number of amides is 2. The smallest absolute Gasteiger partial charge is 0.261 e. The fourth-order valence-corrected chi connectivity index (χ4v) is 3.55. The highest BCUT2D eigenvalue weighted by atomic mass is 32.1. The SMILES string of the molecule is COc1ccccc1C(=O)NC(=S)Nc1nc2ccc(NC(C)=O)cc2s1. The second-order valence-electron chi connectivity index (χ2n) is 5.49. The number of nitrogens with zero attached hydrogens (tertiary/aromatic N) is 1. The summed E-state index contributed by atoms with van der Waals surface area (Å²) in [6.45, 7) is 1.45. The van der Waals surface area contributed by atoms with Crippen LogP contribution >= 0.6 is 23.6 Å². The number of carbonyl (C=O) groups excluding carboxylic acids is 2. The number of ether oxygens (including phenoxy) is 1. The summed E-state index contributed by atoms with van der Waals surface area (Å²) in [7, 11) is 1.50. The molecule has 1 heterocycles. The molecule has 0 aliphatic carbocycles. The third kappa shape index (κ3) is 4.57. The minimum Gasteiger partial charge on any atom is -0.496 e. The van der Waals surface area contributed by atoms with E-state index in [1.165, 1.54) is 25.4 Å². The van der Waals surface area contributed by atoms with E-state index in [0.29, 0.717) is 22.1 Å². The first kappa shape index (κ1) is 18.7. The summed E-state index contributed by atoms with van der Waals surface area (Å²) in [5, 5.41) is 8.92. The Morgan fingerprint density at radius 3 is 2.67 bits per heavy atom. The number of methoxy groups -OCH3 is 1. The Hall–Kier alpha value is -3.04. The van der Waals surface area contributed by atoms with Crippen molar-refractivity contribution in [2.75, 3.05) is 17.7 Å². The molecule has 0 saturated heterocycles. The first-order chi connectivity index (χ1) is 13.0. The fraction of sp³-hybridized carbons (Fsp3) is 0.111. The Kier molecular flexibility index (Phi) is 5.63. The van der Waals surface area contributed by atoms with Crippen LogP contribution in [0, 0.1) is 0 Å². The number of thiazole rings is 1. The van der Waals surface area contributed by atoms with Gasteiger partial charge in [0.05, 0.1) is 22.9 Å². The van der Waals surface area contributed by atoms with E-state index in [9.17, 15) is 9.59 Å². The molecule has 27 heavy (non-hydrogen) atoms. The summed E-state index contributed by atoms with van der Waals surface area (Å²) in [6.07, 6.45) is 0. The molecule has 9 heteroatoms. The van der Waals surface area contributed by atoms with Crippen LogP contribution in [0.2, 0.25) is 0 Å². The normalized spacial score (nSPS) is 10.3. The number of carbonyl (C=O) groups is 2. The topological polar surface area (TPSA) is 92.3 Å². The minimum absolute atomic E-state index is 0.132. The van der Waals surface area contributed by atoms with Gasteiger partial charge in [-0.15, -0.1) is 0 Å². The van der Waals surface area contributed by atoms with Crippen LogP contribution in [0.3, 0.4) is 0 Å². The molecule has 0 saturated carbocycles. The molecule has 3 rings (SSSR count). The number of aromatic nitrogens is 1. The Balaban J connectivity index is 1.70. The van der Waals surface area contributed by atoms with Crippen molar-refractivity contribution < 1.29 is 14.3 Å². The average molecular weight is 400 g/mol. The summed E-state index contributed by atoms with van der Waals surface area (Å²) in [5.74, 6) is -0.0558. The van der Waals surface area contributed by atoms with E-state index in [2.05, 4.69) is 20.9 Å². The van der Waals surface area contributed by atoms with Crippen LogP contribution in [0.5, 0.6) is 5.75 Å². The molecule has 0 bridgehead atoms. The van der Waals surface area contributed by atoms with Crippen LogP contribution in [0.25, 0.3) is 10.2 Å². The van der Waals surface area contributed by atoms with Crippen molar-refractivity contribution >= 4 is 61.5 Å². The van der Waals surface area contributed by atoms with Crippen LogP contribution in [-0.2, 0) is 4.79 Å². The number of nitrogens with one attached hydrogen (secondary N) is 3. The molecule has 2 aromatic carbocycles. The van der Waals surface area contributed by atoms with Crippen molar-refractivity contribution in [2.24, 2.45) is 0 Å². The highest BCUT2D eigenvalue weighted by Crippen LogP contribution is 2.28. The zero-order valence-electron chi connectivity index (χ0n) is 14.5. The lowest BCUT2D eigenvalue weighted by molar-refractivity contribution is -0.114. The molecule has 0 fully saturated rings. The monoisotopic (exact) mass is 400 g/mol. The van der Waals surface area contributed by atoms with E-state index in [-0.39, 0.29) is 16.9 Å². The van der Waals surface area contributed by atoms with Gasteiger partial charge in [-0.25, -0.2) is 4.98 Å². The number of para-hydroxylation sites is 1. The van der Waals surface area contributed by atoms with Crippen molar-refractivity contribution in [3.63, 3.8) is 0 Å². The molecule has 3 N–H and O–H groups in total. The maximum absolute atomic E-state index is 12.4. The number of benzene rings is 2. The quantitative estimate of drug-likeness (QED) is 0.582. The number of hydrogen-bond donors (Lipinski definition) is 3. The number of rotatable bonds is 4. The first-order valence-electron chi connectivity index (χ1n) is 7.90. The van der Waals surface area contributed by atoms with Crippen LogP contribution in [0.15, 0.2) is 42.5 Å². The Morgan fingerprint density at radius 1 is 1.15 bits per heavy atom. The predicted octanol–water partition coefficient (Wildman–Crippen LogP) is 3.39. The van der Waals surface area contributed by atoms with E-state index in [4.69, 9.17) is 17.0 Å². The van der Waals surface area contributed by atoms with E-state index >= 15 is 0 Å². The van der Waals surface area contributed by atoms with Gasteiger partial charge in [0, 0.05) is 12.6 Å². The molecule has 7 nitrogen and oxygen atoms in total. The average Bonchev–Trinajstić information content (AvgIpc) is 3.02. The second-order valence-corrected chi connectivity index (χ2v) is 6.93. The summed E-state index contributed by atoms with van der Waals surface area (Å²) >= 11 is 6.57. The predicted molar refractivity (Wildman–Crippen MR) is 111 cm³/mol. The van der Waals surface area contributed by atoms with Gasteiger partial charge < -0.3 is 15.4 Å². The molecular weight excluding hydrogens is 384 g/mol. The molecule has 0 spiro atoms. The van der Waals surface area contributed by atoms with Gasteiger partial charge in [0.15, 0.2) is 10.2 Å². The fourth-order valence-electron chi connectivity index (χ4n) is 2.39. The lowest BCUT2D eigenvalue weighted by atomic mass is 10.2. The van der Waals surface area contributed by atoms with E-state index in [0.717, 1.165) is 10.2 Å². The highest BCUT2D eigenvalue weighted by Gasteiger charge is 2.14. The molecule has 2 amide bonds. The standard InChI is InChI=1S/C18H16N4O3S2/c1-10(23)19-11-7-8-13-15(9-11)27-18(20-13)22-17(26)21-16(24)12-5-3-4-6-14(12)25-2/h3-9H,1-2H3,(H,19,23)(H2,20,21,22,24,26). The Morgan fingerprint density at radius 2 is 1.93 bits per heavy atom. The Bertz CT molecular complexity index is 1030. The molecule has 0 atom stereocenters. The lowest BCUT2D eigenvalue weighted by Crippen LogP contribution is -2.34. The maximum Gasteiger partial charge on any atom is 0.261 e. The summed E-state index contributed by atoms with van der Waals surface area (Å²) in [5.41, 5.74) is 1.83. The van der Waals surface area contributed by atoms with Gasteiger partial charge in [0.1, 0.15) is 5.75 Å². The van der Waals surface area contributed by atoms with Crippen molar-refractivity contribution in [3.05, 3.63) is 48.0 Å². The number of thiocarbonyl (C=S) groups is 1. The molecule has 0 unspecified atom stereocenters. The van der Waals surface area contributed by atoms with E-state index < -0.39 is 0 Å². The van der Waals surface area contributed by atoms with Crippen LogP contribution in [-0.4, -0.2) is 29.0 Å². The molecule has 0 aliphatic rings. The van der Waals surface area contributed by atoms with Gasteiger partial charge in [0.25, 0.3) is 5.91 Å². The van der Waals surface area contributed by atoms with Crippen molar-refractivity contribution in [3.8, 4) is 5.75 Å². The second kappa shape index (κ2) is 8.11. The number of hydrogen-bond acceptors (Lipinski definition) is 6. The van der Waals surface area contributed by atoms with E-state index in [1.807, 2.05) is 6.07 Å². The van der Waals surface area contributed by atoms with Gasteiger partial charge in [-0.1, -0.05) is 23.5 Å². The number of anilines is 2. The van der Waals surface area contributed by atoms with Gasteiger partial charge in [-0.05, 0) is 42.5 Å². The van der Waals surface area contributed by atoms with Crippen molar-refractivity contribution in [1.29, 1.82) is 0 Å². The zero-order chi connectivity index (χ0) is 19.4. The van der Waals surface area contributed by atoms with Gasteiger partial charge in [-0.2, -0.15) is 0 Å². The molecule has 0 aliphatic heterocycles. The minimum atomic E-state index is -0.376. The largest absolute Gasteiger partial charge is 0.496 e. The van der Waals surface area contributed by atoms with E-state index in [1.54, 1.807) is 36.4 Å². The zero-order valence-corrected chi connectivity index (χ0v) is 16.2. The van der Waals surface area contributed by atoms with Gasteiger partial charge >= 0.3 is 0 Å². The Labute approximate surface area is 164 Å². The van der Waals surface area contributed by atoms with Crippen molar-refractivity contribution in [1.82, 2.24) is 10.3 Å². The molecule has 0 radical (unpaired) electrons. The molecule has 1 aromatic heterocycles. The van der Waals surface area contributed by atoms with Crippen LogP contribution in [0.1, 0.15) is 17.3 Å². The molecular formula is C18H16N4O3S2. The first-order valence-corrected chi connectivity index (χ1v) is 9.12. The van der Waals surface area contributed by atoms with Gasteiger partial charge in [0.2, 0.25) is 5.91 Å². The third-order valence-electron chi connectivity index (χ3n) is 3.51. The molecule has 3 aromatic rings. The van der Waals surface area contributed by atoms with Gasteiger partial charge in [-0.3, -0.25) is 14.9 Å².